The number of hydrogen-bond donors (Lipinski definition) is 6. The van der Waals surface area contributed by atoms with Crippen LogP contribution in [0.1, 0.15) is 76.3 Å². The van der Waals surface area contributed by atoms with E-state index in [0.29, 0.717) is 71.0 Å². The minimum absolute atomic E-state index is 0.00895. The van der Waals surface area contributed by atoms with Crippen molar-refractivity contribution in [3.63, 3.8) is 0 Å². The Kier molecular flexibility index (Phi) is 16.9. The average molecular weight is 693 g/mol. The fraction of sp³-hybridized carbons (Fsp3) is 0.553. The Labute approximate surface area is 296 Å². The zero-order chi connectivity index (χ0) is 36.5. The maximum atomic E-state index is 13.9. The van der Waals surface area contributed by atoms with Gasteiger partial charge in [-0.25, -0.2) is 0 Å². The van der Waals surface area contributed by atoms with E-state index >= 15 is 0 Å². The summed E-state index contributed by atoms with van der Waals surface area (Å²) in [5.74, 6) is -2.30. The second-order valence-electron chi connectivity index (χ2n) is 13.8. The molecule has 1 saturated heterocycles. The van der Waals surface area contributed by atoms with Crippen LogP contribution in [0.4, 0.5) is 0 Å². The third-order valence-corrected chi connectivity index (χ3v) is 9.17. The van der Waals surface area contributed by atoms with Gasteiger partial charge in [-0.3, -0.25) is 24.0 Å². The summed E-state index contributed by atoms with van der Waals surface area (Å²) in [5.41, 5.74) is 13.7. The van der Waals surface area contributed by atoms with Crippen molar-refractivity contribution in [3.05, 3.63) is 71.8 Å². The van der Waals surface area contributed by atoms with Crippen LogP contribution < -0.4 is 27.4 Å². The first-order valence-corrected chi connectivity index (χ1v) is 17.9. The fourth-order valence-corrected chi connectivity index (χ4v) is 6.19. The summed E-state index contributed by atoms with van der Waals surface area (Å²) in [4.78, 5) is 67.7. The van der Waals surface area contributed by atoms with Crippen LogP contribution in [0.2, 0.25) is 0 Å². The van der Waals surface area contributed by atoms with Gasteiger partial charge in [-0.05, 0) is 80.9 Å². The van der Waals surface area contributed by atoms with E-state index in [4.69, 9.17) is 11.5 Å². The first-order valence-electron chi connectivity index (χ1n) is 17.9. The number of carbonyl (C=O) groups is 5. The lowest BCUT2D eigenvalue weighted by atomic mass is 9.93. The molecule has 0 aromatic heterocycles. The standard InChI is InChI=1S/C38H56N6O6/c1-26(2)16-17-31(36(48)42-32(15-9-10-20-39)38(50)44-21-18-29(19-22-44)25-34(45)46)41-37(49)33(24-28-13-7-4-8-14-28)43-35(47)30(40)23-27-11-5-3-6-12-27/h3-8,11-14,26,29-33H,9-10,15-25,39-40H2,1-2H3,(H,41,49)(H,42,48)(H,43,47)(H,45,46)/t30-,31-,32-,33-/m1/s1. The monoisotopic (exact) mass is 692 g/mol. The molecule has 274 valence electrons. The van der Waals surface area contributed by atoms with Gasteiger partial charge in [-0.1, -0.05) is 74.5 Å². The van der Waals surface area contributed by atoms with E-state index in [1.807, 2.05) is 74.5 Å². The minimum atomic E-state index is -1.00. The summed E-state index contributed by atoms with van der Waals surface area (Å²) in [6.45, 7) is 5.33. The maximum Gasteiger partial charge on any atom is 0.303 e. The molecule has 12 heteroatoms. The number of carbonyl (C=O) groups excluding carboxylic acids is 4. The quantitative estimate of drug-likeness (QED) is 0.114. The maximum absolute atomic E-state index is 13.9. The van der Waals surface area contributed by atoms with E-state index in [2.05, 4.69) is 16.0 Å². The lowest BCUT2D eigenvalue weighted by Crippen LogP contribution is -2.58. The lowest BCUT2D eigenvalue weighted by Gasteiger charge is -2.34. The molecule has 4 atom stereocenters. The van der Waals surface area contributed by atoms with Crippen molar-refractivity contribution in [1.29, 1.82) is 0 Å². The molecule has 0 radical (unpaired) electrons. The molecule has 1 aliphatic rings. The van der Waals surface area contributed by atoms with Gasteiger partial charge >= 0.3 is 5.97 Å². The van der Waals surface area contributed by atoms with E-state index in [1.54, 1.807) is 4.90 Å². The van der Waals surface area contributed by atoms with Crippen LogP contribution in [0.3, 0.4) is 0 Å². The molecule has 0 spiro atoms. The molecule has 0 saturated carbocycles. The predicted octanol–water partition coefficient (Wildman–Crippen LogP) is 2.53. The first-order chi connectivity index (χ1) is 24.0. The zero-order valence-electron chi connectivity index (χ0n) is 29.5. The van der Waals surface area contributed by atoms with Gasteiger partial charge in [0, 0.05) is 25.9 Å². The van der Waals surface area contributed by atoms with Crippen molar-refractivity contribution < 1.29 is 29.1 Å². The summed E-state index contributed by atoms with van der Waals surface area (Å²) in [6, 6.07) is 15.0. The van der Waals surface area contributed by atoms with Gasteiger partial charge in [-0.15, -0.1) is 0 Å². The molecular weight excluding hydrogens is 636 g/mol. The van der Waals surface area contributed by atoms with E-state index in [1.165, 1.54) is 0 Å². The topological polar surface area (TPSA) is 197 Å². The number of amides is 4. The molecule has 0 bridgehead atoms. The van der Waals surface area contributed by atoms with Gasteiger partial charge < -0.3 is 37.4 Å². The molecule has 1 heterocycles. The third-order valence-electron chi connectivity index (χ3n) is 9.17. The number of nitrogens with zero attached hydrogens (tertiary/aromatic N) is 1. The summed E-state index contributed by atoms with van der Waals surface area (Å²) in [7, 11) is 0. The number of carboxylic acid groups (broad SMARTS) is 1. The Balaban J connectivity index is 1.76. The highest BCUT2D eigenvalue weighted by molar-refractivity contribution is 5.95. The fourth-order valence-electron chi connectivity index (χ4n) is 6.19. The highest BCUT2D eigenvalue weighted by atomic mass is 16.4. The molecule has 0 aliphatic carbocycles. The van der Waals surface area contributed by atoms with Crippen molar-refractivity contribution in [2.24, 2.45) is 23.3 Å². The van der Waals surface area contributed by atoms with E-state index in [0.717, 1.165) is 11.1 Å². The molecule has 2 aromatic carbocycles. The number of hydrogen-bond acceptors (Lipinski definition) is 7. The molecule has 0 unspecified atom stereocenters. The second kappa shape index (κ2) is 21.0. The molecule has 2 aromatic rings. The Morgan fingerprint density at radius 3 is 1.84 bits per heavy atom. The van der Waals surface area contributed by atoms with Crippen LogP contribution in [-0.4, -0.2) is 83.4 Å². The lowest BCUT2D eigenvalue weighted by molar-refractivity contribution is -0.140. The number of nitrogens with two attached hydrogens (primary N) is 2. The van der Waals surface area contributed by atoms with Crippen molar-refractivity contribution in [2.45, 2.75) is 102 Å². The largest absolute Gasteiger partial charge is 0.481 e. The Morgan fingerprint density at radius 2 is 1.28 bits per heavy atom. The molecule has 3 rings (SSSR count). The Hall–Kier alpha value is -4.29. The van der Waals surface area contributed by atoms with Crippen LogP contribution in [-0.2, 0) is 36.8 Å². The SMILES string of the molecule is CC(C)CC[C@@H](NC(=O)[C@@H](Cc1ccccc1)NC(=O)[C@H](N)Cc1ccccc1)C(=O)N[C@H](CCCCN)C(=O)N1CCC(CC(=O)O)CC1. The number of piperidine rings is 1. The van der Waals surface area contributed by atoms with Crippen molar-refractivity contribution in [1.82, 2.24) is 20.9 Å². The summed E-state index contributed by atoms with van der Waals surface area (Å²) < 4.78 is 0. The molecule has 1 fully saturated rings. The van der Waals surface area contributed by atoms with Crippen LogP contribution in [0.5, 0.6) is 0 Å². The first kappa shape index (κ1) is 40.1. The summed E-state index contributed by atoms with van der Waals surface area (Å²) >= 11 is 0. The zero-order valence-corrected chi connectivity index (χ0v) is 29.5. The van der Waals surface area contributed by atoms with Crippen molar-refractivity contribution in [3.8, 4) is 0 Å². The Bertz CT molecular complexity index is 1370. The second-order valence-corrected chi connectivity index (χ2v) is 13.8. The van der Waals surface area contributed by atoms with E-state index < -0.39 is 47.9 Å². The molecule has 4 amide bonds. The highest BCUT2D eigenvalue weighted by Gasteiger charge is 2.33. The number of carboxylic acids is 1. The number of rotatable bonds is 20. The Morgan fingerprint density at radius 1 is 0.740 bits per heavy atom. The van der Waals surface area contributed by atoms with Crippen molar-refractivity contribution in [2.75, 3.05) is 19.6 Å². The molecular formula is C38H56N6O6. The molecule has 1 aliphatic heterocycles. The number of unbranched alkanes of at least 4 members (excludes halogenated alkanes) is 1. The molecule has 50 heavy (non-hydrogen) atoms. The highest BCUT2D eigenvalue weighted by Crippen LogP contribution is 2.22. The van der Waals surface area contributed by atoms with E-state index in [-0.39, 0.29) is 30.6 Å². The normalized spacial score (nSPS) is 15.8. The van der Waals surface area contributed by atoms with Gasteiger partial charge in [0.05, 0.1) is 6.04 Å². The van der Waals surface area contributed by atoms with Crippen LogP contribution >= 0.6 is 0 Å². The number of benzene rings is 2. The molecule has 12 nitrogen and oxygen atoms in total. The third kappa shape index (κ3) is 13.9. The van der Waals surface area contributed by atoms with E-state index in [9.17, 15) is 29.1 Å². The summed E-state index contributed by atoms with van der Waals surface area (Å²) in [5, 5.41) is 17.8. The number of nitrogens with one attached hydrogen (secondary N) is 3. The minimum Gasteiger partial charge on any atom is -0.481 e. The smallest absolute Gasteiger partial charge is 0.303 e. The summed E-state index contributed by atoms with van der Waals surface area (Å²) in [6.07, 6.45) is 4.37. The van der Waals surface area contributed by atoms with Crippen LogP contribution in [0.25, 0.3) is 0 Å². The van der Waals surface area contributed by atoms with Crippen LogP contribution in [0.15, 0.2) is 60.7 Å². The number of aliphatic carboxylic acids is 1. The van der Waals surface area contributed by atoms with Gasteiger partial charge in [-0.2, -0.15) is 0 Å². The average Bonchev–Trinajstić information content (AvgIpc) is 3.09. The van der Waals surface area contributed by atoms with Crippen molar-refractivity contribution >= 4 is 29.6 Å². The predicted molar refractivity (Wildman–Crippen MR) is 193 cm³/mol. The molecule has 8 N–H and O–H groups in total. The van der Waals surface area contributed by atoms with Gasteiger partial charge in [0.15, 0.2) is 0 Å². The number of likely N-dealkylation sites (tertiary alicyclic amines) is 1. The van der Waals surface area contributed by atoms with Gasteiger partial charge in [0.1, 0.15) is 18.1 Å². The van der Waals surface area contributed by atoms with Gasteiger partial charge in [0.25, 0.3) is 0 Å². The van der Waals surface area contributed by atoms with Gasteiger partial charge in [0.2, 0.25) is 23.6 Å². The van der Waals surface area contributed by atoms with Crippen LogP contribution in [0, 0.1) is 11.8 Å².